The van der Waals surface area contributed by atoms with Gasteiger partial charge in [0.15, 0.2) is 0 Å². The Balaban J connectivity index is 1.95. The standard InChI is InChI=1S/C12H17N3O/c1-8-2-4-10(6-8)15-12(16)11-5-3-9(13)7-14-11/h3,5,7-8,10H,2,4,6,13H2,1H3,(H,15,16). The number of nitrogens with two attached hydrogens (primary N) is 1. The Morgan fingerprint density at radius 1 is 1.50 bits per heavy atom. The van der Waals surface area contributed by atoms with Crippen LogP contribution in [0.5, 0.6) is 0 Å². The number of hydrogen-bond acceptors (Lipinski definition) is 3. The van der Waals surface area contributed by atoms with Crippen LogP contribution in [-0.4, -0.2) is 16.9 Å². The Bertz CT molecular complexity index is 374. The van der Waals surface area contributed by atoms with Crippen molar-refractivity contribution in [3.05, 3.63) is 24.0 Å². The highest BCUT2D eigenvalue weighted by Gasteiger charge is 2.23. The fourth-order valence-corrected chi connectivity index (χ4v) is 2.14. The van der Waals surface area contributed by atoms with Crippen LogP contribution in [-0.2, 0) is 0 Å². The van der Waals surface area contributed by atoms with Crippen LogP contribution in [0.15, 0.2) is 18.3 Å². The van der Waals surface area contributed by atoms with E-state index in [4.69, 9.17) is 5.73 Å². The summed E-state index contributed by atoms with van der Waals surface area (Å²) in [6.45, 7) is 2.22. The molecule has 4 nitrogen and oxygen atoms in total. The Labute approximate surface area is 95.3 Å². The van der Waals surface area contributed by atoms with Crippen LogP contribution in [0.2, 0.25) is 0 Å². The summed E-state index contributed by atoms with van der Waals surface area (Å²) in [6, 6.07) is 3.66. The Hall–Kier alpha value is -1.58. The highest BCUT2D eigenvalue weighted by atomic mass is 16.1. The van der Waals surface area contributed by atoms with Crippen molar-refractivity contribution in [2.75, 3.05) is 5.73 Å². The first-order chi connectivity index (χ1) is 7.65. The van der Waals surface area contributed by atoms with Crippen molar-refractivity contribution < 1.29 is 4.79 Å². The molecular formula is C12H17N3O. The number of hydrogen-bond donors (Lipinski definition) is 2. The molecule has 16 heavy (non-hydrogen) atoms. The predicted molar refractivity (Wildman–Crippen MR) is 62.9 cm³/mol. The van der Waals surface area contributed by atoms with E-state index in [2.05, 4.69) is 17.2 Å². The van der Waals surface area contributed by atoms with Crippen molar-refractivity contribution in [2.45, 2.75) is 32.2 Å². The zero-order chi connectivity index (χ0) is 11.5. The quantitative estimate of drug-likeness (QED) is 0.793. The second kappa shape index (κ2) is 4.51. The largest absolute Gasteiger partial charge is 0.397 e. The molecule has 2 atom stereocenters. The van der Waals surface area contributed by atoms with Gasteiger partial charge in [0.05, 0.1) is 11.9 Å². The van der Waals surface area contributed by atoms with Gasteiger partial charge in [-0.2, -0.15) is 0 Å². The van der Waals surface area contributed by atoms with Crippen LogP contribution in [0, 0.1) is 5.92 Å². The number of nitrogens with one attached hydrogen (secondary N) is 1. The van der Waals surface area contributed by atoms with Gasteiger partial charge < -0.3 is 11.1 Å². The van der Waals surface area contributed by atoms with E-state index >= 15 is 0 Å². The summed E-state index contributed by atoms with van der Waals surface area (Å²) >= 11 is 0. The van der Waals surface area contributed by atoms with Crippen LogP contribution in [0.4, 0.5) is 5.69 Å². The number of amides is 1. The highest BCUT2D eigenvalue weighted by molar-refractivity contribution is 5.92. The van der Waals surface area contributed by atoms with Crippen LogP contribution >= 0.6 is 0 Å². The van der Waals surface area contributed by atoms with E-state index in [9.17, 15) is 4.79 Å². The molecule has 0 bridgehead atoms. The second-order valence-electron chi connectivity index (χ2n) is 4.57. The third-order valence-corrected chi connectivity index (χ3v) is 3.05. The van der Waals surface area contributed by atoms with Crippen molar-refractivity contribution in [3.63, 3.8) is 0 Å². The molecule has 0 spiro atoms. The highest BCUT2D eigenvalue weighted by Crippen LogP contribution is 2.24. The fraction of sp³-hybridized carbons (Fsp3) is 0.500. The maximum Gasteiger partial charge on any atom is 0.270 e. The van der Waals surface area contributed by atoms with E-state index in [0.717, 1.165) is 12.8 Å². The monoisotopic (exact) mass is 219 g/mol. The van der Waals surface area contributed by atoms with Gasteiger partial charge in [-0.1, -0.05) is 6.92 Å². The van der Waals surface area contributed by atoms with Crippen molar-refractivity contribution in [2.24, 2.45) is 5.92 Å². The van der Waals surface area contributed by atoms with Gasteiger partial charge in [-0.25, -0.2) is 4.98 Å². The summed E-state index contributed by atoms with van der Waals surface area (Å²) in [5, 5.41) is 3.00. The van der Waals surface area contributed by atoms with E-state index in [1.165, 1.54) is 12.6 Å². The van der Waals surface area contributed by atoms with Gasteiger partial charge in [0.2, 0.25) is 0 Å². The van der Waals surface area contributed by atoms with Crippen LogP contribution in [0.3, 0.4) is 0 Å². The van der Waals surface area contributed by atoms with Gasteiger partial charge in [0.25, 0.3) is 5.91 Å². The molecule has 0 aliphatic heterocycles. The third-order valence-electron chi connectivity index (χ3n) is 3.05. The summed E-state index contributed by atoms with van der Waals surface area (Å²) in [7, 11) is 0. The molecule has 2 unspecified atom stereocenters. The molecule has 86 valence electrons. The van der Waals surface area contributed by atoms with Crippen molar-refractivity contribution in [1.82, 2.24) is 10.3 Å². The number of nitrogen functional groups attached to an aromatic ring is 1. The fourth-order valence-electron chi connectivity index (χ4n) is 2.14. The molecule has 2 rings (SSSR count). The Kier molecular flexibility index (Phi) is 3.08. The first-order valence-electron chi connectivity index (χ1n) is 5.67. The van der Waals surface area contributed by atoms with E-state index in [1.807, 2.05) is 0 Å². The molecule has 1 fully saturated rings. The van der Waals surface area contributed by atoms with Crippen molar-refractivity contribution in [1.29, 1.82) is 0 Å². The minimum absolute atomic E-state index is 0.0981. The molecule has 1 saturated carbocycles. The van der Waals surface area contributed by atoms with Gasteiger partial charge in [-0.05, 0) is 37.3 Å². The maximum absolute atomic E-state index is 11.8. The summed E-state index contributed by atoms with van der Waals surface area (Å²) in [5.74, 6) is 0.615. The number of nitrogens with zero attached hydrogens (tertiary/aromatic N) is 1. The molecule has 3 N–H and O–H groups in total. The molecule has 1 heterocycles. The summed E-state index contributed by atoms with van der Waals surface area (Å²) in [5.41, 5.74) is 6.53. The summed E-state index contributed by atoms with van der Waals surface area (Å²) in [6.07, 6.45) is 4.84. The molecule has 0 radical (unpaired) electrons. The first-order valence-corrected chi connectivity index (χ1v) is 5.67. The summed E-state index contributed by atoms with van der Waals surface area (Å²) < 4.78 is 0. The zero-order valence-corrected chi connectivity index (χ0v) is 9.44. The number of carbonyl (C=O) groups excluding carboxylic acids is 1. The van der Waals surface area contributed by atoms with Crippen LogP contribution < -0.4 is 11.1 Å². The molecule has 1 aromatic heterocycles. The molecule has 1 amide bonds. The molecule has 1 aliphatic carbocycles. The van der Waals surface area contributed by atoms with Gasteiger partial charge in [0, 0.05) is 6.04 Å². The van der Waals surface area contributed by atoms with Gasteiger partial charge in [-0.15, -0.1) is 0 Å². The maximum atomic E-state index is 11.8. The molecule has 1 aliphatic rings. The van der Waals surface area contributed by atoms with E-state index in [0.29, 0.717) is 23.3 Å². The molecule has 0 saturated heterocycles. The Morgan fingerprint density at radius 2 is 2.31 bits per heavy atom. The molecule has 0 aromatic carbocycles. The molecule has 4 heteroatoms. The average Bonchev–Trinajstić information content (AvgIpc) is 2.65. The van der Waals surface area contributed by atoms with Gasteiger partial charge >= 0.3 is 0 Å². The van der Waals surface area contributed by atoms with Crippen LogP contribution in [0.25, 0.3) is 0 Å². The SMILES string of the molecule is CC1CCC(NC(=O)c2ccc(N)cn2)C1. The number of carbonyl (C=O) groups is 1. The molecular weight excluding hydrogens is 202 g/mol. The Morgan fingerprint density at radius 3 is 2.88 bits per heavy atom. The smallest absolute Gasteiger partial charge is 0.270 e. The lowest BCUT2D eigenvalue weighted by molar-refractivity contribution is 0.0932. The topological polar surface area (TPSA) is 68.0 Å². The normalized spacial score (nSPS) is 24.3. The summed E-state index contributed by atoms with van der Waals surface area (Å²) in [4.78, 5) is 15.8. The minimum atomic E-state index is -0.0981. The van der Waals surface area contributed by atoms with Crippen molar-refractivity contribution >= 4 is 11.6 Å². The van der Waals surface area contributed by atoms with E-state index in [1.54, 1.807) is 12.1 Å². The van der Waals surface area contributed by atoms with Crippen LogP contribution in [0.1, 0.15) is 36.7 Å². The zero-order valence-electron chi connectivity index (χ0n) is 9.44. The average molecular weight is 219 g/mol. The number of aromatic nitrogens is 1. The minimum Gasteiger partial charge on any atom is -0.397 e. The predicted octanol–water partition coefficient (Wildman–Crippen LogP) is 1.58. The lowest BCUT2D eigenvalue weighted by Gasteiger charge is -2.11. The number of anilines is 1. The lowest BCUT2D eigenvalue weighted by atomic mass is 10.1. The lowest BCUT2D eigenvalue weighted by Crippen LogP contribution is -2.33. The number of rotatable bonds is 2. The second-order valence-corrected chi connectivity index (χ2v) is 4.57. The van der Waals surface area contributed by atoms with Gasteiger partial charge in [0.1, 0.15) is 5.69 Å². The first kappa shape index (κ1) is 10.9. The van der Waals surface area contributed by atoms with Gasteiger partial charge in [-0.3, -0.25) is 4.79 Å². The van der Waals surface area contributed by atoms with E-state index in [-0.39, 0.29) is 5.91 Å². The van der Waals surface area contributed by atoms with E-state index < -0.39 is 0 Å². The third kappa shape index (κ3) is 2.51. The van der Waals surface area contributed by atoms with Crippen molar-refractivity contribution in [3.8, 4) is 0 Å². The number of pyridine rings is 1. The molecule has 1 aromatic rings.